The molecule has 3 aromatic carbocycles. The molecular weight excluding hydrogens is 809 g/mol. The molecule has 24 heteroatoms. The SMILES string of the molecule is O=S(=O)([O-])c1cc(Nc2nc(Cl)nc(N(CCO)CCO)n2)ccc1/C=C/c1ccc(Nc2nc(Cl)nc(Nc3ccccc3)n2)cc1SOO[O-].[Na+].[Na+]. The van der Waals surface area contributed by atoms with Crippen LogP contribution < -0.4 is 85.2 Å². The van der Waals surface area contributed by atoms with Gasteiger partial charge in [-0.15, -0.1) is 0 Å². The fourth-order valence-corrected chi connectivity index (χ4v) is 6.00. The molecule has 2 heterocycles. The van der Waals surface area contributed by atoms with E-state index in [0.29, 0.717) is 28.2 Å². The van der Waals surface area contributed by atoms with Gasteiger partial charge in [0.1, 0.15) is 10.1 Å². The molecule has 0 bridgehead atoms. The van der Waals surface area contributed by atoms with Crippen LogP contribution in [0.15, 0.2) is 76.5 Å². The number of nitrogens with zero attached hydrogens (tertiary/aromatic N) is 7. The molecule has 0 aliphatic heterocycles. The zero-order chi connectivity index (χ0) is 37.1. The monoisotopic (exact) mass is 834 g/mol. The molecule has 272 valence electrons. The minimum atomic E-state index is -5.01. The molecule has 0 saturated carbocycles. The summed E-state index contributed by atoms with van der Waals surface area (Å²) in [5.41, 5.74) is 1.76. The summed E-state index contributed by atoms with van der Waals surface area (Å²) >= 11 is 12.7. The van der Waals surface area contributed by atoms with Gasteiger partial charge < -0.3 is 40.9 Å². The molecule has 0 amide bonds. The van der Waals surface area contributed by atoms with E-state index in [4.69, 9.17) is 23.2 Å². The maximum atomic E-state index is 12.3. The molecule has 5 N–H and O–H groups in total. The van der Waals surface area contributed by atoms with Crippen molar-refractivity contribution in [2.45, 2.75) is 9.79 Å². The van der Waals surface area contributed by atoms with Crippen LogP contribution in [0, 0.1) is 0 Å². The predicted molar refractivity (Wildman–Crippen MR) is 190 cm³/mol. The second-order valence-corrected chi connectivity index (χ2v) is 12.9. The summed E-state index contributed by atoms with van der Waals surface area (Å²) in [5, 5.41) is 41.4. The zero-order valence-electron chi connectivity index (χ0n) is 28.4. The van der Waals surface area contributed by atoms with Crippen LogP contribution in [0.4, 0.5) is 40.9 Å². The molecule has 0 atom stereocenters. The summed E-state index contributed by atoms with van der Waals surface area (Å²) < 4.78 is 41.6. The van der Waals surface area contributed by atoms with Gasteiger partial charge in [0.25, 0.3) is 0 Å². The molecule has 18 nitrogen and oxygen atoms in total. The number of rotatable bonds is 17. The Morgan fingerprint density at radius 3 is 1.87 bits per heavy atom. The first kappa shape index (κ1) is 45.6. The van der Waals surface area contributed by atoms with Gasteiger partial charge in [-0.1, -0.05) is 42.5 Å². The van der Waals surface area contributed by atoms with Gasteiger partial charge in [-0.05, 0) is 70.7 Å². The first-order chi connectivity index (χ1) is 25.0. The topological polar surface area (TPSA) is 256 Å². The number of para-hydroxylation sites is 1. The van der Waals surface area contributed by atoms with Crippen LogP contribution in [0.1, 0.15) is 11.1 Å². The second kappa shape index (κ2) is 22.1. The first-order valence-electron chi connectivity index (χ1n) is 14.8. The molecule has 0 aliphatic rings. The molecule has 0 spiro atoms. The van der Waals surface area contributed by atoms with Crippen molar-refractivity contribution in [3.8, 4) is 0 Å². The van der Waals surface area contributed by atoms with Crippen molar-refractivity contribution in [1.82, 2.24) is 29.9 Å². The van der Waals surface area contributed by atoms with Gasteiger partial charge in [0.15, 0.2) is 0 Å². The van der Waals surface area contributed by atoms with E-state index in [0.717, 1.165) is 11.8 Å². The van der Waals surface area contributed by atoms with Crippen LogP contribution in [0.5, 0.6) is 0 Å². The van der Waals surface area contributed by atoms with Gasteiger partial charge in [-0.3, -0.25) is 5.04 Å². The predicted octanol–water partition coefficient (Wildman–Crippen LogP) is -2.30. The smallest absolute Gasteiger partial charge is 0.744 e. The van der Waals surface area contributed by atoms with Gasteiger partial charge >= 0.3 is 59.1 Å². The van der Waals surface area contributed by atoms with Crippen LogP contribution >= 0.6 is 35.2 Å². The largest absolute Gasteiger partial charge is 1.00 e. The van der Waals surface area contributed by atoms with E-state index in [1.165, 1.54) is 29.2 Å². The Bertz CT molecular complexity index is 2150. The number of aromatic nitrogens is 6. The fourth-order valence-electron chi connectivity index (χ4n) is 4.48. The minimum Gasteiger partial charge on any atom is -0.744 e. The molecular formula is C30H26Cl2N10Na2O8S2. The Kier molecular flexibility index (Phi) is 18.7. The van der Waals surface area contributed by atoms with E-state index >= 15 is 0 Å². The number of halogens is 2. The normalized spacial score (nSPS) is 11.1. The average Bonchev–Trinajstić information content (AvgIpc) is 3.10. The summed E-state index contributed by atoms with van der Waals surface area (Å²) in [6.07, 6.45) is 2.87. The summed E-state index contributed by atoms with van der Waals surface area (Å²) in [7, 11) is -5.01. The molecule has 2 aromatic heterocycles. The van der Waals surface area contributed by atoms with E-state index in [9.17, 15) is 28.4 Å². The van der Waals surface area contributed by atoms with E-state index in [1.807, 2.05) is 30.3 Å². The van der Waals surface area contributed by atoms with E-state index < -0.39 is 15.0 Å². The van der Waals surface area contributed by atoms with Crippen molar-refractivity contribution in [1.29, 1.82) is 0 Å². The van der Waals surface area contributed by atoms with Crippen molar-refractivity contribution in [3.63, 3.8) is 0 Å². The minimum absolute atomic E-state index is 0. The van der Waals surface area contributed by atoms with E-state index in [1.54, 1.807) is 18.2 Å². The summed E-state index contributed by atoms with van der Waals surface area (Å²) in [5.74, 6) is 0.235. The van der Waals surface area contributed by atoms with E-state index in [2.05, 4.69) is 55.2 Å². The molecule has 0 radical (unpaired) electrons. The van der Waals surface area contributed by atoms with Crippen molar-refractivity contribution in [2.75, 3.05) is 47.2 Å². The van der Waals surface area contributed by atoms with Crippen molar-refractivity contribution < 1.29 is 96.9 Å². The van der Waals surface area contributed by atoms with Crippen LogP contribution in [-0.2, 0) is 19.5 Å². The van der Waals surface area contributed by atoms with Crippen LogP contribution in [-0.4, -0.2) is 79.4 Å². The zero-order valence-corrected chi connectivity index (χ0v) is 35.5. The van der Waals surface area contributed by atoms with Crippen LogP contribution in [0.3, 0.4) is 0 Å². The summed E-state index contributed by atoms with van der Waals surface area (Å²) in [6.45, 7) is -0.318. The third-order valence-corrected chi connectivity index (χ3v) is 8.55. The standard InChI is InChI=1S/C30H28Cl2N10O8S2.2Na/c31-25-36-27(33-20-4-2-1-3-5-20)40-28(37-25)34-21-10-8-18(23(16-21)51-50-49-45)6-7-19-9-11-22(17-24(19)52(46,47)48)35-29-38-26(32)39-30(41-29)42(12-14-43)13-15-44;;/h1-11,16-17,43-45H,12-15H2,(H,46,47,48)(H,35,38,39,41)(H2,33,34,36,37,40);;/q;2*+1/p-2/b7-6+;;. The Balaban J connectivity index is 0.00000392. The number of nitrogens with one attached hydrogen (secondary N) is 3. The number of anilines is 7. The molecule has 0 saturated heterocycles. The van der Waals surface area contributed by atoms with Gasteiger partial charge in [0, 0.05) is 35.0 Å². The second-order valence-electron chi connectivity index (χ2n) is 10.2. The van der Waals surface area contributed by atoms with Crippen molar-refractivity contribution in [2.24, 2.45) is 0 Å². The number of hydrogen-bond acceptors (Lipinski definition) is 19. The third kappa shape index (κ3) is 13.5. The molecule has 0 fully saturated rings. The van der Waals surface area contributed by atoms with Crippen LogP contribution in [0.2, 0.25) is 10.6 Å². The van der Waals surface area contributed by atoms with Crippen molar-refractivity contribution >= 4 is 98.4 Å². The maximum Gasteiger partial charge on any atom is 1.00 e. The van der Waals surface area contributed by atoms with Gasteiger partial charge in [-0.25, -0.2) is 8.42 Å². The Hall–Kier alpha value is -2.74. The van der Waals surface area contributed by atoms with Gasteiger partial charge in [-0.2, -0.15) is 34.2 Å². The molecule has 0 unspecified atom stereocenters. The fraction of sp³-hybridized carbons (Fsp3) is 0.133. The van der Waals surface area contributed by atoms with Gasteiger partial charge in [0.2, 0.25) is 34.4 Å². The average molecular weight is 836 g/mol. The van der Waals surface area contributed by atoms with Gasteiger partial charge in [0.05, 0.1) is 30.2 Å². The van der Waals surface area contributed by atoms with Crippen molar-refractivity contribution in [3.05, 3.63) is 88.4 Å². The number of benzene rings is 3. The quantitative estimate of drug-likeness (QED) is 0.0165. The molecule has 5 aromatic rings. The Labute approximate surface area is 367 Å². The van der Waals surface area contributed by atoms with E-state index in [-0.39, 0.29) is 131 Å². The Morgan fingerprint density at radius 2 is 1.28 bits per heavy atom. The first-order valence-corrected chi connectivity index (χ1v) is 17.7. The van der Waals surface area contributed by atoms with Crippen LogP contribution in [0.25, 0.3) is 12.2 Å². The maximum absolute atomic E-state index is 12.3. The Morgan fingerprint density at radius 1 is 0.741 bits per heavy atom. The number of aliphatic hydroxyl groups is 2. The number of aliphatic hydroxyl groups excluding tert-OH is 2. The summed E-state index contributed by atoms with van der Waals surface area (Å²) in [6, 6.07) is 17.9. The molecule has 54 heavy (non-hydrogen) atoms. The summed E-state index contributed by atoms with van der Waals surface area (Å²) in [4.78, 5) is 25.9. The third-order valence-electron chi connectivity index (χ3n) is 6.66. The molecule has 5 rings (SSSR count). The number of hydrogen-bond donors (Lipinski definition) is 5. The molecule has 0 aliphatic carbocycles.